The van der Waals surface area contributed by atoms with Crippen molar-refractivity contribution in [1.29, 1.82) is 0 Å². The van der Waals surface area contributed by atoms with E-state index in [1.165, 1.54) is 6.26 Å². The number of aliphatic hydroxyl groups is 1. The van der Waals surface area contributed by atoms with Crippen LogP contribution in [-0.4, -0.2) is 42.0 Å². The summed E-state index contributed by atoms with van der Waals surface area (Å²) in [6.45, 7) is 3.59. The molecular formula is C14H17NO3. The van der Waals surface area contributed by atoms with Crippen molar-refractivity contribution >= 4 is 16.8 Å². The monoisotopic (exact) mass is 247 g/mol. The fraction of sp³-hybridized carbons (Fsp3) is 0.357. The van der Waals surface area contributed by atoms with E-state index in [0.717, 1.165) is 17.5 Å². The predicted molar refractivity (Wildman–Crippen MR) is 69.7 cm³/mol. The summed E-state index contributed by atoms with van der Waals surface area (Å²) in [7, 11) is 0. The van der Waals surface area contributed by atoms with Gasteiger partial charge in [-0.3, -0.25) is 9.69 Å². The summed E-state index contributed by atoms with van der Waals surface area (Å²) in [5.74, 6) is 0.0234. The minimum atomic E-state index is 0.0234. The molecule has 1 aromatic heterocycles. The molecule has 4 nitrogen and oxygen atoms in total. The van der Waals surface area contributed by atoms with Crippen LogP contribution >= 0.6 is 0 Å². The summed E-state index contributed by atoms with van der Waals surface area (Å²) >= 11 is 0. The number of fused-ring (bicyclic) bond motifs is 1. The summed E-state index contributed by atoms with van der Waals surface area (Å²) < 4.78 is 5.36. The van der Waals surface area contributed by atoms with Crippen molar-refractivity contribution < 1.29 is 14.3 Å². The third-order valence-electron chi connectivity index (χ3n) is 3.01. The van der Waals surface area contributed by atoms with Gasteiger partial charge in [-0.25, -0.2) is 0 Å². The number of hydrogen-bond acceptors (Lipinski definition) is 4. The van der Waals surface area contributed by atoms with Crippen molar-refractivity contribution in [3.63, 3.8) is 0 Å². The van der Waals surface area contributed by atoms with Crippen LogP contribution in [0.2, 0.25) is 0 Å². The molecule has 0 unspecified atom stereocenters. The zero-order valence-electron chi connectivity index (χ0n) is 10.4. The largest absolute Gasteiger partial charge is 0.464 e. The van der Waals surface area contributed by atoms with E-state index in [-0.39, 0.29) is 12.4 Å². The molecule has 0 saturated carbocycles. The number of aliphatic hydroxyl groups excluding tert-OH is 1. The number of hydrogen-bond donors (Lipinski definition) is 1. The highest BCUT2D eigenvalue weighted by atomic mass is 16.3. The van der Waals surface area contributed by atoms with E-state index >= 15 is 0 Å². The van der Waals surface area contributed by atoms with E-state index < -0.39 is 0 Å². The van der Waals surface area contributed by atoms with Crippen molar-refractivity contribution in [1.82, 2.24) is 4.90 Å². The van der Waals surface area contributed by atoms with Crippen LogP contribution in [0.4, 0.5) is 0 Å². The van der Waals surface area contributed by atoms with Crippen LogP contribution < -0.4 is 0 Å². The average Bonchev–Trinajstić information content (AvgIpc) is 2.82. The molecule has 0 aliphatic rings. The highest BCUT2D eigenvalue weighted by Gasteiger charge is 2.15. The molecule has 2 rings (SSSR count). The van der Waals surface area contributed by atoms with Crippen LogP contribution in [0.15, 0.2) is 34.9 Å². The first-order valence-corrected chi connectivity index (χ1v) is 6.09. The van der Waals surface area contributed by atoms with Gasteiger partial charge in [0.15, 0.2) is 5.78 Å². The second-order valence-electron chi connectivity index (χ2n) is 4.16. The number of para-hydroxylation sites is 1. The second kappa shape index (κ2) is 5.80. The van der Waals surface area contributed by atoms with Gasteiger partial charge in [0.25, 0.3) is 0 Å². The van der Waals surface area contributed by atoms with E-state index in [4.69, 9.17) is 9.52 Å². The van der Waals surface area contributed by atoms with E-state index in [1.807, 2.05) is 36.1 Å². The van der Waals surface area contributed by atoms with Crippen LogP contribution in [0.3, 0.4) is 0 Å². The Morgan fingerprint density at radius 1 is 1.39 bits per heavy atom. The molecule has 0 fully saturated rings. The van der Waals surface area contributed by atoms with Gasteiger partial charge in [-0.15, -0.1) is 0 Å². The molecule has 0 atom stereocenters. The van der Waals surface area contributed by atoms with Gasteiger partial charge >= 0.3 is 0 Å². The lowest BCUT2D eigenvalue weighted by Crippen LogP contribution is -2.32. The number of carbonyl (C=O) groups is 1. The quantitative estimate of drug-likeness (QED) is 0.792. The Balaban J connectivity index is 2.18. The molecule has 0 amide bonds. The molecule has 96 valence electrons. The zero-order valence-corrected chi connectivity index (χ0v) is 10.4. The summed E-state index contributed by atoms with van der Waals surface area (Å²) in [4.78, 5) is 14.1. The summed E-state index contributed by atoms with van der Waals surface area (Å²) in [5, 5.41) is 9.76. The number of benzene rings is 1. The number of likely N-dealkylation sites (N-methyl/N-ethyl adjacent to an activating group) is 1. The van der Waals surface area contributed by atoms with Crippen LogP contribution in [0, 0.1) is 0 Å². The van der Waals surface area contributed by atoms with Crippen molar-refractivity contribution in [2.45, 2.75) is 6.92 Å². The Bertz CT molecular complexity index is 533. The molecule has 1 N–H and O–H groups in total. The molecular weight excluding hydrogens is 230 g/mol. The SMILES string of the molecule is CCN(CCO)CC(=O)c1coc2ccccc12. The number of Topliss-reactive ketones (excluding diaryl/α,β-unsaturated/α-hetero) is 1. The van der Waals surface area contributed by atoms with Gasteiger partial charge in [0.05, 0.1) is 18.7 Å². The van der Waals surface area contributed by atoms with Crippen LogP contribution in [0.1, 0.15) is 17.3 Å². The van der Waals surface area contributed by atoms with Gasteiger partial charge < -0.3 is 9.52 Å². The Morgan fingerprint density at radius 3 is 2.89 bits per heavy atom. The van der Waals surface area contributed by atoms with Crippen LogP contribution in [0.5, 0.6) is 0 Å². The maximum Gasteiger partial charge on any atom is 0.180 e. The van der Waals surface area contributed by atoms with E-state index in [2.05, 4.69) is 0 Å². The number of rotatable bonds is 6. The van der Waals surface area contributed by atoms with Gasteiger partial charge in [-0.2, -0.15) is 0 Å². The first-order valence-electron chi connectivity index (χ1n) is 6.09. The lowest BCUT2D eigenvalue weighted by molar-refractivity contribution is 0.0920. The molecule has 0 bridgehead atoms. The van der Waals surface area contributed by atoms with Gasteiger partial charge in [-0.1, -0.05) is 25.1 Å². The molecule has 0 spiro atoms. The smallest absolute Gasteiger partial charge is 0.180 e. The average molecular weight is 247 g/mol. The van der Waals surface area contributed by atoms with E-state index in [1.54, 1.807) is 0 Å². The molecule has 0 aliphatic heterocycles. The molecule has 4 heteroatoms. The predicted octanol–water partition coefficient (Wildman–Crippen LogP) is 1.93. The van der Waals surface area contributed by atoms with Crippen molar-refractivity contribution in [2.75, 3.05) is 26.2 Å². The molecule has 0 aliphatic carbocycles. The van der Waals surface area contributed by atoms with Gasteiger partial charge in [-0.05, 0) is 12.6 Å². The number of furan rings is 1. The highest BCUT2D eigenvalue weighted by Crippen LogP contribution is 2.21. The summed E-state index contributed by atoms with van der Waals surface area (Å²) in [6.07, 6.45) is 1.51. The normalized spacial score (nSPS) is 11.3. The van der Waals surface area contributed by atoms with Gasteiger partial charge in [0, 0.05) is 11.9 Å². The molecule has 1 aromatic carbocycles. The Morgan fingerprint density at radius 2 is 2.17 bits per heavy atom. The third kappa shape index (κ3) is 2.60. The molecule has 0 radical (unpaired) electrons. The van der Waals surface area contributed by atoms with E-state index in [0.29, 0.717) is 18.7 Å². The van der Waals surface area contributed by atoms with Crippen molar-refractivity contribution in [2.24, 2.45) is 0 Å². The van der Waals surface area contributed by atoms with Gasteiger partial charge in [0.2, 0.25) is 0 Å². The molecule has 1 heterocycles. The van der Waals surface area contributed by atoms with E-state index in [9.17, 15) is 4.79 Å². The Kier molecular flexibility index (Phi) is 4.12. The Hall–Kier alpha value is -1.65. The fourth-order valence-electron chi connectivity index (χ4n) is 1.97. The number of ketones is 1. The zero-order chi connectivity index (χ0) is 13.0. The highest BCUT2D eigenvalue weighted by molar-refractivity contribution is 6.08. The van der Waals surface area contributed by atoms with Crippen LogP contribution in [0.25, 0.3) is 11.0 Å². The second-order valence-corrected chi connectivity index (χ2v) is 4.16. The fourth-order valence-corrected chi connectivity index (χ4v) is 1.97. The number of carbonyl (C=O) groups excluding carboxylic acids is 1. The Labute approximate surface area is 106 Å². The molecule has 0 saturated heterocycles. The van der Waals surface area contributed by atoms with Crippen LogP contribution in [-0.2, 0) is 0 Å². The third-order valence-corrected chi connectivity index (χ3v) is 3.01. The lowest BCUT2D eigenvalue weighted by atomic mass is 10.1. The first kappa shape index (κ1) is 12.8. The minimum absolute atomic E-state index is 0.0234. The number of nitrogens with zero attached hydrogens (tertiary/aromatic N) is 1. The first-order chi connectivity index (χ1) is 8.76. The maximum atomic E-state index is 12.2. The lowest BCUT2D eigenvalue weighted by Gasteiger charge is -2.17. The van der Waals surface area contributed by atoms with Crippen molar-refractivity contribution in [3.05, 3.63) is 36.1 Å². The standard InChI is InChI=1S/C14H17NO3/c1-2-15(7-8-16)9-13(17)12-10-18-14-6-4-3-5-11(12)14/h3-6,10,16H,2,7-9H2,1H3. The van der Waals surface area contributed by atoms with Gasteiger partial charge in [0.1, 0.15) is 11.8 Å². The topological polar surface area (TPSA) is 53.7 Å². The van der Waals surface area contributed by atoms with Crippen molar-refractivity contribution in [3.8, 4) is 0 Å². The molecule has 2 aromatic rings. The summed E-state index contributed by atoms with van der Waals surface area (Å²) in [6, 6.07) is 7.50. The minimum Gasteiger partial charge on any atom is -0.464 e. The molecule has 18 heavy (non-hydrogen) atoms. The maximum absolute atomic E-state index is 12.2. The summed E-state index contributed by atoms with van der Waals surface area (Å²) in [5.41, 5.74) is 1.34.